The van der Waals surface area contributed by atoms with Crippen LogP contribution in [-0.4, -0.2) is 35.2 Å². The summed E-state index contributed by atoms with van der Waals surface area (Å²) in [6, 6.07) is 3.02. The molecule has 0 saturated carbocycles. The van der Waals surface area contributed by atoms with Crippen molar-refractivity contribution in [2.24, 2.45) is 0 Å². The lowest BCUT2D eigenvalue weighted by Crippen LogP contribution is -2.28. The van der Waals surface area contributed by atoms with E-state index in [0.717, 1.165) is 11.3 Å². The predicted molar refractivity (Wildman–Crippen MR) is 96.5 cm³/mol. The molecular weight excluding hydrogens is 380 g/mol. The van der Waals surface area contributed by atoms with Crippen LogP contribution in [0.25, 0.3) is 0 Å². The first-order valence-corrected chi connectivity index (χ1v) is 9.12. The van der Waals surface area contributed by atoms with Gasteiger partial charge in [-0.25, -0.2) is 9.78 Å². The zero-order chi connectivity index (χ0) is 18.8. The standard InChI is InChI=1S/C17H17ClN2O5S/c1-8-15(17(22)23)26-16(20-8)9(2)19-13(21)7-10-5-11(18)14-12(6-10)24-3-4-25-14/h5-6,9H,3-4,7H2,1-2H3,(H,19,21)(H,22,23). The predicted octanol–water partition coefficient (Wildman–Crippen LogP) is 2.99. The van der Waals surface area contributed by atoms with Crippen LogP contribution < -0.4 is 14.8 Å². The molecule has 0 bridgehead atoms. The van der Waals surface area contributed by atoms with Gasteiger partial charge in [0.05, 0.1) is 23.2 Å². The highest BCUT2D eigenvalue weighted by atomic mass is 35.5. The second kappa shape index (κ2) is 7.51. The van der Waals surface area contributed by atoms with Gasteiger partial charge in [-0.2, -0.15) is 0 Å². The molecule has 9 heteroatoms. The van der Waals surface area contributed by atoms with Crippen molar-refractivity contribution < 1.29 is 24.2 Å². The molecule has 3 rings (SSSR count). The van der Waals surface area contributed by atoms with Gasteiger partial charge in [-0.15, -0.1) is 11.3 Å². The van der Waals surface area contributed by atoms with Crippen molar-refractivity contribution in [3.63, 3.8) is 0 Å². The number of carboxylic acids is 1. The van der Waals surface area contributed by atoms with Crippen LogP contribution in [0, 0.1) is 6.92 Å². The molecule has 2 heterocycles. The third-order valence-electron chi connectivity index (χ3n) is 3.78. The number of rotatable bonds is 5. The number of nitrogens with zero attached hydrogens (tertiary/aromatic N) is 1. The van der Waals surface area contributed by atoms with Crippen molar-refractivity contribution >= 4 is 34.8 Å². The van der Waals surface area contributed by atoms with Gasteiger partial charge in [0, 0.05) is 0 Å². The summed E-state index contributed by atoms with van der Waals surface area (Å²) in [6.45, 7) is 4.27. The number of thiazole rings is 1. The summed E-state index contributed by atoms with van der Waals surface area (Å²) in [5, 5.41) is 12.9. The SMILES string of the molecule is Cc1nc(C(C)NC(=O)Cc2cc(Cl)c3c(c2)OCCO3)sc1C(=O)O. The van der Waals surface area contributed by atoms with E-state index in [1.54, 1.807) is 26.0 Å². The van der Waals surface area contributed by atoms with Gasteiger partial charge in [-0.05, 0) is 31.5 Å². The van der Waals surface area contributed by atoms with E-state index >= 15 is 0 Å². The number of hydrogen-bond acceptors (Lipinski definition) is 6. The van der Waals surface area contributed by atoms with Crippen LogP contribution in [0.5, 0.6) is 11.5 Å². The molecule has 1 atom stereocenters. The lowest BCUT2D eigenvalue weighted by Gasteiger charge is -2.20. The first-order chi connectivity index (χ1) is 12.3. The Balaban J connectivity index is 1.68. The Morgan fingerprint density at radius 1 is 1.38 bits per heavy atom. The second-order valence-corrected chi connectivity index (χ2v) is 7.28. The number of carbonyl (C=O) groups excluding carboxylic acids is 1. The molecule has 0 fully saturated rings. The minimum absolute atomic E-state index is 0.108. The van der Waals surface area contributed by atoms with Crippen LogP contribution in [-0.2, 0) is 11.2 Å². The van der Waals surface area contributed by atoms with Gasteiger partial charge in [0.1, 0.15) is 23.1 Å². The minimum Gasteiger partial charge on any atom is -0.486 e. The first kappa shape index (κ1) is 18.5. The number of benzene rings is 1. The summed E-state index contributed by atoms with van der Waals surface area (Å²) in [7, 11) is 0. The van der Waals surface area contributed by atoms with Crippen LogP contribution in [0.4, 0.5) is 0 Å². The molecule has 1 aromatic carbocycles. The smallest absolute Gasteiger partial charge is 0.347 e. The molecular formula is C17H17ClN2O5S. The fraction of sp³-hybridized carbons (Fsp3) is 0.353. The maximum Gasteiger partial charge on any atom is 0.347 e. The summed E-state index contributed by atoms with van der Waals surface area (Å²) in [6.07, 6.45) is 0.108. The maximum absolute atomic E-state index is 12.3. The lowest BCUT2D eigenvalue weighted by molar-refractivity contribution is -0.121. The van der Waals surface area contributed by atoms with Crippen LogP contribution >= 0.6 is 22.9 Å². The van der Waals surface area contributed by atoms with Gasteiger partial charge in [-0.3, -0.25) is 4.79 Å². The van der Waals surface area contributed by atoms with Crippen molar-refractivity contribution in [1.29, 1.82) is 0 Å². The number of amides is 1. The molecule has 1 amide bonds. The van der Waals surface area contributed by atoms with Gasteiger partial charge in [0.2, 0.25) is 5.91 Å². The quantitative estimate of drug-likeness (QED) is 0.806. The number of hydrogen-bond donors (Lipinski definition) is 2. The molecule has 0 saturated heterocycles. The van der Waals surface area contributed by atoms with Crippen molar-refractivity contribution in [2.45, 2.75) is 26.3 Å². The molecule has 138 valence electrons. The number of carbonyl (C=O) groups is 2. The van der Waals surface area contributed by atoms with E-state index in [4.69, 9.17) is 26.2 Å². The number of halogens is 1. The van der Waals surface area contributed by atoms with Gasteiger partial charge in [-0.1, -0.05) is 11.6 Å². The zero-order valence-electron chi connectivity index (χ0n) is 14.2. The fourth-order valence-electron chi connectivity index (χ4n) is 2.61. The highest BCUT2D eigenvalue weighted by Crippen LogP contribution is 2.38. The number of aryl methyl sites for hydroxylation is 1. The molecule has 0 spiro atoms. The van der Waals surface area contributed by atoms with Gasteiger partial charge >= 0.3 is 5.97 Å². The molecule has 0 radical (unpaired) electrons. The van der Waals surface area contributed by atoms with E-state index in [9.17, 15) is 9.59 Å². The average molecular weight is 397 g/mol. The molecule has 1 aliphatic heterocycles. The number of aromatic nitrogens is 1. The third kappa shape index (κ3) is 3.91. The third-order valence-corrected chi connectivity index (χ3v) is 5.39. The Hall–Kier alpha value is -2.32. The first-order valence-electron chi connectivity index (χ1n) is 7.93. The number of ether oxygens (including phenoxy) is 2. The number of carboxylic acid groups (broad SMARTS) is 1. The molecule has 0 aliphatic carbocycles. The van der Waals surface area contributed by atoms with E-state index in [2.05, 4.69) is 10.3 Å². The van der Waals surface area contributed by atoms with E-state index in [1.165, 1.54) is 0 Å². The Morgan fingerprint density at radius 2 is 2.12 bits per heavy atom. The van der Waals surface area contributed by atoms with Crippen molar-refractivity contribution in [1.82, 2.24) is 10.3 Å². The molecule has 1 aliphatic rings. The lowest BCUT2D eigenvalue weighted by atomic mass is 10.1. The summed E-state index contributed by atoms with van der Waals surface area (Å²) in [5.74, 6) is -0.221. The average Bonchev–Trinajstić information content (AvgIpc) is 2.97. The van der Waals surface area contributed by atoms with E-state index < -0.39 is 12.0 Å². The summed E-state index contributed by atoms with van der Waals surface area (Å²) >= 11 is 7.24. The molecule has 7 nitrogen and oxygen atoms in total. The van der Waals surface area contributed by atoms with Crippen molar-refractivity contribution in [2.75, 3.05) is 13.2 Å². The summed E-state index contributed by atoms with van der Waals surface area (Å²) in [5.41, 5.74) is 1.14. The van der Waals surface area contributed by atoms with Crippen LogP contribution in [0.2, 0.25) is 5.02 Å². The maximum atomic E-state index is 12.3. The van der Waals surface area contributed by atoms with E-state index in [-0.39, 0.29) is 17.2 Å². The molecule has 26 heavy (non-hydrogen) atoms. The molecule has 1 aromatic heterocycles. The normalized spacial score (nSPS) is 14.0. The van der Waals surface area contributed by atoms with Crippen LogP contribution in [0.3, 0.4) is 0 Å². The van der Waals surface area contributed by atoms with E-state index in [0.29, 0.717) is 46.0 Å². The number of aromatic carboxylic acids is 1. The van der Waals surface area contributed by atoms with Gasteiger partial charge in [0.15, 0.2) is 11.5 Å². The second-order valence-electron chi connectivity index (χ2n) is 5.84. The zero-order valence-corrected chi connectivity index (χ0v) is 15.7. The molecule has 1 unspecified atom stereocenters. The summed E-state index contributed by atoms with van der Waals surface area (Å²) in [4.78, 5) is 27.9. The Kier molecular flexibility index (Phi) is 5.33. The van der Waals surface area contributed by atoms with Gasteiger partial charge in [0.25, 0.3) is 0 Å². The molecule has 2 N–H and O–H groups in total. The number of fused-ring (bicyclic) bond motifs is 1. The monoisotopic (exact) mass is 396 g/mol. The number of nitrogens with one attached hydrogen (secondary N) is 1. The van der Waals surface area contributed by atoms with Crippen LogP contribution in [0.1, 0.15) is 38.9 Å². The largest absolute Gasteiger partial charge is 0.486 e. The topological polar surface area (TPSA) is 97.8 Å². The van der Waals surface area contributed by atoms with Crippen molar-refractivity contribution in [3.8, 4) is 11.5 Å². The minimum atomic E-state index is -1.02. The highest BCUT2D eigenvalue weighted by molar-refractivity contribution is 7.13. The Bertz CT molecular complexity index is 867. The molecule has 2 aromatic rings. The Morgan fingerprint density at radius 3 is 2.81 bits per heavy atom. The fourth-order valence-corrected chi connectivity index (χ4v) is 3.80. The van der Waals surface area contributed by atoms with Crippen molar-refractivity contribution in [3.05, 3.63) is 38.3 Å². The summed E-state index contributed by atoms with van der Waals surface area (Å²) < 4.78 is 11.0. The Labute approximate surface area is 158 Å². The highest BCUT2D eigenvalue weighted by Gasteiger charge is 2.21. The van der Waals surface area contributed by atoms with Gasteiger partial charge < -0.3 is 19.9 Å². The van der Waals surface area contributed by atoms with E-state index in [1.807, 2.05) is 0 Å². The van der Waals surface area contributed by atoms with Crippen LogP contribution in [0.15, 0.2) is 12.1 Å².